The molecule has 1 amide bonds. The molecular weight excluding hydrogens is 188 g/mol. The molecule has 0 aromatic heterocycles. The van der Waals surface area contributed by atoms with E-state index < -0.39 is 0 Å². The number of hydrogen-bond donors (Lipinski definition) is 2. The third-order valence-corrected chi connectivity index (χ3v) is 1.95. The number of ether oxygens (including phenoxy) is 2. The van der Waals surface area contributed by atoms with E-state index in [4.69, 9.17) is 20.3 Å². The summed E-state index contributed by atoms with van der Waals surface area (Å²) in [6.07, 6.45) is -0.534. The molecule has 1 atom stereocenters. The van der Waals surface area contributed by atoms with E-state index in [0.29, 0.717) is 32.8 Å². The lowest BCUT2D eigenvalue weighted by Gasteiger charge is -2.12. The first-order valence-electron chi connectivity index (χ1n) is 4.62. The van der Waals surface area contributed by atoms with Gasteiger partial charge in [-0.15, -0.1) is 0 Å². The number of cyclic esters (lactones) is 1. The number of hydrogen-bond acceptors (Lipinski definition) is 5. The summed E-state index contributed by atoms with van der Waals surface area (Å²) in [7, 11) is 0. The molecule has 3 N–H and O–H groups in total. The van der Waals surface area contributed by atoms with Gasteiger partial charge in [0.2, 0.25) is 0 Å². The second-order valence-electron chi connectivity index (χ2n) is 3.02. The lowest BCUT2D eigenvalue weighted by atomic mass is 10.3. The quantitative estimate of drug-likeness (QED) is 0.529. The van der Waals surface area contributed by atoms with Crippen LogP contribution >= 0.6 is 0 Å². The monoisotopic (exact) mass is 204 g/mol. The third-order valence-electron chi connectivity index (χ3n) is 1.95. The van der Waals surface area contributed by atoms with E-state index in [2.05, 4.69) is 0 Å². The van der Waals surface area contributed by atoms with Crippen molar-refractivity contribution in [1.29, 1.82) is 0 Å². The van der Waals surface area contributed by atoms with Gasteiger partial charge in [0.1, 0.15) is 6.10 Å². The summed E-state index contributed by atoms with van der Waals surface area (Å²) in [6.45, 7) is 2.05. The highest BCUT2D eigenvalue weighted by Gasteiger charge is 2.29. The molecular formula is C8H16N2O4. The second kappa shape index (κ2) is 5.79. The van der Waals surface area contributed by atoms with E-state index in [1.54, 1.807) is 4.90 Å². The van der Waals surface area contributed by atoms with Crippen molar-refractivity contribution >= 4 is 6.09 Å². The van der Waals surface area contributed by atoms with Crippen molar-refractivity contribution in [1.82, 2.24) is 4.90 Å². The Morgan fingerprint density at radius 3 is 3.00 bits per heavy atom. The Balaban J connectivity index is 2.15. The summed E-state index contributed by atoms with van der Waals surface area (Å²) in [5.41, 5.74) is 5.37. The van der Waals surface area contributed by atoms with Crippen molar-refractivity contribution in [2.24, 2.45) is 5.73 Å². The van der Waals surface area contributed by atoms with Gasteiger partial charge in [0.15, 0.2) is 0 Å². The predicted octanol–water partition coefficient (Wildman–Crippen LogP) is -1.23. The van der Waals surface area contributed by atoms with E-state index in [0.717, 1.165) is 0 Å². The second-order valence-corrected chi connectivity index (χ2v) is 3.02. The number of aliphatic hydroxyl groups excluding tert-OH is 1. The first-order valence-corrected chi connectivity index (χ1v) is 4.62. The molecule has 0 aromatic carbocycles. The summed E-state index contributed by atoms with van der Waals surface area (Å²) in [5.74, 6) is 0. The highest BCUT2D eigenvalue weighted by molar-refractivity contribution is 5.69. The zero-order chi connectivity index (χ0) is 10.4. The predicted molar refractivity (Wildman–Crippen MR) is 48.8 cm³/mol. The number of carbonyl (C=O) groups excluding carboxylic acids is 1. The normalized spacial score (nSPS) is 21.4. The molecule has 0 saturated carbocycles. The number of aliphatic hydroxyl groups is 1. The molecule has 1 aliphatic rings. The minimum Gasteiger partial charge on any atom is -0.443 e. The summed E-state index contributed by atoms with van der Waals surface area (Å²) in [4.78, 5) is 12.7. The van der Waals surface area contributed by atoms with Crippen LogP contribution in [0.5, 0.6) is 0 Å². The molecule has 1 aliphatic heterocycles. The van der Waals surface area contributed by atoms with Crippen LogP contribution in [0, 0.1) is 0 Å². The van der Waals surface area contributed by atoms with Crippen LogP contribution in [0.25, 0.3) is 0 Å². The molecule has 0 spiro atoms. The smallest absolute Gasteiger partial charge is 0.410 e. The maximum atomic E-state index is 11.2. The van der Waals surface area contributed by atoms with Crippen LogP contribution in [0.15, 0.2) is 0 Å². The first-order chi connectivity index (χ1) is 6.77. The molecule has 0 bridgehead atoms. The molecule has 6 heteroatoms. The minimum absolute atomic E-state index is 0.00410. The Morgan fingerprint density at radius 1 is 1.64 bits per heavy atom. The zero-order valence-electron chi connectivity index (χ0n) is 8.02. The fourth-order valence-electron chi connectivity index (χ4n) is 1.22. The molecule has 0 radical (unpaired) electrons. The van der Waals surface area contributed by atoms with Gasteiger partial charge in [0, 0.05) is 13.1 Å². The van der Waals surface area contributed by atoms with Gasteiger partial charge in [-0.25, -0.2) is 4.79 Å². The number of carbonyl (C=O) groups is 1. The summed E-state index contributed by atoms with van der Waals surface area (Å²) < 4.78 is 9.97. The van der Waals surface area contributed by atoms with Gasteiger partial charge in [0.05, 0.1) is 26.4 Å². The average Bonchev–Trinajstić information content (AvgIpc) is 2.54. The van der Waals surface area contributed by atoms with Crippen LogP contribution in [0.3, 0.4) is 0 Å². The standard InChI is InChI=1S/C8H16N2O4/c9-5-7-6-10(8(12)14-7)1-3-13-4-2-11/h7,11H,1-6,9H2. The molecule has 6 nitrogen and oxygen atoms in total. The molecule has 0 aliphatic carbocycles. The Labute approximate surface area is 82.6 Å². The Bertz CT molecular complexity index is 188. The number of nitrogens with two attached hydrogens (primary N) is 1. The largest absolute Gasteiger partial charge is 0.443 e. The fraction of sp³-hybridized carbons (Fsp3) is 0.875. The lowest BCUT2D eigenvalue weighted by Crippen LogP contribution is -2.30. The Kier molecular flexibility index (Phi) is 4.64. The number of amides is 1. The number of rotatable bonds is 6. The van der Waals surface area contributed by atoms with Gasteiger partial charge < -0.3 is 25.2 Å². The van der Waals surface area contributed by atoms with Crippen molar-refractivity contribution in [3.63, 3.8) is 0 Å². The van der Waals surface area contributed by atoms with Gasteiger partial charge in [-0.1, -0.05) is 0 Å². The molecule has 1 heterocycles. The van der Waals surface area contributed by atoms with Gasteiger partial charge in [-0.2, -0.15) is 0 Å². The van der Waals surface area contributed by atoms with Crippen LogP contribution in [0.4, 0.5) is 4.79 Å². The summed E-state index contributed by atoms with van der Waals surface area (Å²) in [6, 6.07) is 0. The van der Waals surface area contributed by atoms with Crippen molar-refractivity contribution in [3.8, 4) is 0 Å². The highest BCUT2D eigenvalue weighted by atomic mass is 16.6. The maximum absolute atomic E-state index is 11.2. The molecule has 14 heavy (non-hydrogen) atoms. The van der Waals surface area contributed by atoms with Crippen molar-refractivity contribution in [3.05, 3.63) is 0 Å². The van der Waals surface area contributed by atoms with Gasteiger partial charge >= 0.3 is 6.09 Å². The molecule has 1 saturated heterocycles. The molecule has 82 valence electrons. The fourth-order valence-corrected chi connectivity index (χ4v) is 1.22. The van der Waals surface area contributed by atoms with Crippen LogP contribution in [-0.4, -0.2) is 61.7 Å². The van der Waals surface area contributed by atoms with Crippen molar-refractivity contribution in [2.45, 2.75) is 6.10 Å². The zero-order valence-corrected chi connectivity index (χ0v) is 8.02. The van der Waals surface area contributed by atoms with Gasteiger partial charge in [-0.3, -0.25) is 0 Å². The summed E-state index contributed by atoms with van der Waals surface area (Å²) >= 11 is 0. The maximum Gasteiger partial charge on any atom is 0.410 e. The molecule has 0 aromatic rings. The SMILES string of the molecule is NCC1CN(CCOCCO)C(=O)O1. The minimum atomic E-state index is -0.340. The van der Waals surface area contributed by atoms with Crippen LogP contribution in [0.1, 0.15) is 0 Å². The summed E-state index contributed by atoms with van der Waals surface area (Å²) in [5, 5.41) is 8.44. The molecule has 1 rings (SSSR count). The van der Waals surface area contributed by atoms with Gasteiger partial charge in [-0.05, 0) is 0 Å². The van der Waals surface area contributed by atoms with E-state index in [-0.39, 0.29) is 18.8 Å². The van der Waals surface area contributed by atoms with E-state index in [1.165, 1.54) is 0 Å². The molecule has 1 fully saturated rings. The average molecular weight is 204 g/mol. The Hall–Kier alpha value is -0.850. The van der Waals surface area contributed by atoms with Crippen LogP contribution < -0.4 is 5.73 Å². The molecule has 1 unspecified atom stereocenters. The van der Waals surface area contributed by atoms with Crippen LogP contribution in [-0.2, 0) is 9.47 Å². The van der Waals surface area contributed by atoms with Crippen LogP contribution in [0.2, 0.25) is 0 Å². The Morgan fingerprint density at radius 2 is 2.43 bits per heavy atom. The van der Waals surface area contributed by atoms with E-state index in [1.807, 2.05) is 0 Å². The topological polar surface area (TPSA) is 85.0 Å². The van der Waals surface area contributed by atoms with E-state index in [9.17, 15) is 4.79 Å². The third kappa shape index (κ3) is 3.13. The van der Waals surface area contributed by atoms with Crippen molar-refractivity contribution in [2.75, 3.05) is 39.5 Å². The van der Waals surface area contributed by atoms with Gasteiger partial charge in [0.25, 0.3) is 0 Å². The number of nitrogens with zero attached hydrogens (tertiary/aromatic N) is 1. The highest BCUT2D eigenvalue weighted by Crippen LogP contribution is 2.09. The van der Waals surface area contributed by atoms with Crippen molar-refractivity contribution < 1.29 is 19.4 Å². The first kappa shape index (κ1) is 11.2. The lowest BCUT2D eigenvalue weighted by molar-refractivity contribution is 0.0795. The van der Waals surface area contributed by atoms with E-state index >= 15 is 0 Å².